The van der Waals surface area contributed by atoms with Crippen LogP contribution in [0, 0.1) is 0 Å². The van der Waals surface area contributed by atoms with Gasteiger partial charge in [0.05, 0.1) is 6.42 Å². The number of pyridine rings is 1. The lowest BCUT2D eigenvalue weighted by molar-refractivity contribution is -0.136. The van der Waals surface area contributed by atoms with Crippen LogP contribution in [0.4, 0.5) is 0 Å². The van der Waals surface area contributed by atoms with Crippen molar-refractivity contribution in [1.82, 2.24) is 9.71 Å². The van der Waals surface area contributed by atoms with Crippen molar-refractivity contribution in [2.45, 2.75) is 17.1 Å². The summed E-state index contributed by atoms with van der Waals surface area (Å²) in [5, 5.41) is 8.68. The first kappa shape index (κ1) is 15.6. The summed E-state index contributed by atoms with van der Waals surface area (Å²) in [4.78, 5) is 15.1. The Labute approximate surface area is 126 Å². The number of thiophene rings is 1. The van der Waals surface area contributed by atoms with Crippen LogP contribution >= 0.6 is 11.3 Å². The van der Waals surface area contributed by atoms with E-state index in [9.17, 15) is 13.2 Å². The van der Waals surface area contributed by atoms with Gasteiger partial charge in [0, 0.05) is 23.8 Å². The van der Waals surface area contributed by atoms with E-state index in [0.29, 0.717) is 11.3 Å². The number of sulfonamides is 1. The number of nitrogens with one attached hydrogen (secondary N) is 1. The predicted molar refractivity (Wildman–Crippen MR) is 78.8 cm³/mol. The first-order valence-corrected chi connectivity index (χ1v) is 8.46. The fourth-order valence-electron chi connectivity index (χ4n) is 1.69. The number of carboxylic acid groups (broad SMARTS) is 1. The van der Waals surface area contributed by atoms with E-state index in [1.54, 1.807) is 18.5 Å². The summed E-state index contributed by atoms with van der Waals surface area (Å²) in [6.07, 6.45) is 3.71. The molecular formula is C13H14N2O4S2. The lowest BCUT2D eigenvalue weighted by Gasteiger charge is -2.04. The summed E-state index contributed by atoms with van der Waals surface area (Å²) in [6.45, 7) is 0.264. The Balaban J connectivity index is 1.95. The summed E-state index contributed by atoms with van der Waals surface area (Å²) in [7, 11) is -3.59. The van der Waals surface area contributed by atoms with Gasteiger partial charge in [-0.3, -0.25) is 9.78 Å². The zero-order valence-electron chi connectivity index (χ0n) is 11.0. The highest BCUT2D eigenvalue weighted by molar-refractivity contribution is 7.91. The van der Waals surface area contributed by atoms with Crippen molar-refractivity contribution >= 4 is 27.3 Å². The molecule has 21 heavy (non-hydrogen) atoms. The van der Waals surface area contributed by atoms with E-state index >= 15 is 0 Å². The fraction of sp³-hybridized carbons (Fsp3) is 0.231. The average Bonchev–Trinajstić information content (AvgIpc) is 2.88. The van der Waals surface area contributed by atoms with E-state index in [1.807, 2.05) is 6.07 Å². The second-order valence-electron chi connectivity index (χ2n) is 4.30. The van der Waals surface area contributed by atoms with Crippen molar-refractivity contribution in [3.05, 3.63) is 47.1 Å². The number of aromatic nitrogens is 1. The molecule has 0 unspecified atom stereocenters. The quantitative estimate of drug-likeness (QED) is 0.799. The van der Waals surface area contributed by atoms with Crippen LogP contribution in [0.1, 0.15) is 10.4 Å². The molecule has 0 aromatic carbocycles. The molecule has 0 aliphatic carbocycles. The molecule has 112 valence electrons. The molecule has 0 saturated carbocycles. The summed E-state index contributed by atoms with van der Waals surface area (Å²) in [6, 6.07) is 6.61. The third kappa shape index (κ3) is 4.62. The Kier molecular flexibility index (Phi) is 5.05. The van der Waals surface area contributed by atoms with Crippen LogP contribution in [-0.4, -0.2) is 31.0 Å². The molecular weight excluding hydrogens is 312 g/mol. The fourth-order valence-corrected chi connectivity index (χ4v) is 4.12. The van der Waals surface area contributed by atoms with Crippen molar-refractivity contribution in [3.8, 4) is 0 Å². The van der Waals surface area contributed by atoms with Gasteiger partial charge in [0.25, 0.3) is 0 Å². The molecule has 0 atom stereocenters. The molecule has 2 N–H and O–H groups in total. The maximum absolute atomic E-state index is 12.1. The van der Waals surface area contributed by atoms with Crippen molar-refractivity contribution in [2.75, 3.05) is 6.54 Å². The molecule has 8 heteroatoms. The Morgan fingerprint density at radius 2 is 2.14 bits per heavy atom. The van der Waals surface area contributed by atoms with Gasteiger partial charge in [-0.05, 0) is 30.2 Å². The predicted octanol–water partition coefficient (Wildman–Crippen LogP) is 1.29. The second kappa shape index (κ2) is 6.79. The molecule has 0 amide bonds. The second-order valence-corrected chi connectivity index (χ2v) is 7.46. The van der Waals surface area contributed by atoms with Crippen LogP contribution in [-0.2, 0) is 27.7 Å². The SMILES string of the molecule is O=C(O)Cc1ccc(S(=O)(=O)NCCc2cccnc2)s1. The van der Waals surface area contributed by atoms with Crippen LogP contribution in [0.25, 0.3) is 0 Å². The minimum atomic E-state index is -3.59. The van der Waals surface area contributed by atoms with E-state index in [-0.39, 0.29) is 17.2 Å². The van der Waals surface area contributed by atoms with Crippen molar-refractivity contribution in [1.29, 1.82) is 0 Å². The molecule has 2 aromatic heterocycles. The van der Waals surface area contributed by atoms with Crippen LogP contribution in [0.3, 0.4) is 0 Å². The highest BCUT2D eigenvalue weighted by Gasteiger charge is 2.17. The minimum absolute atomic E-state index is 0.130. The zero-order chi connectivity index (χ0) is 15.3. The Morgan fingerprint density at radius 1 is 1.33 bits per heavy atom. The van der Waals surface area contributed by atoms with Gasteiger partial charge in [-0.2, -0.15) is 0 Å². The summed E-state index contributed by atoms with van der Waals surface area (Å²) >= 11 is 0.971. The Bertz CT molecular complexity index is 711. The van der Waals surface area contributed by atoms with Gasteiger partial charge in [-0.15, -0.1) is 11.3 Å². The van der Waals surface area contributed by atoms with Gasteiger partial charge < -0.3 is 5.11 Å². The lowest BCUT2D eigenvalue weighted by atomic mass is 10.2. The minimum Gasteiger partial charge on any atom is -0.481 e. The lowest BCUT2D eigenvalue weighted by Crippen LogP contribution is -2.25. The standard InChI is InChI=1S/C13H14N2O4S2/c16-12(17)8-11-3-4-13(20-11)21(18,19)15-7-5-10-2-1-6-14-9-10/h1-4,6,9,15H,5,7-8H2,(H,16,17). The molecule has 2 heterocycles. The largest absolute Gasteiger partial charge is 0.481 e. The third-order valence-electron chi connectivity index (χ3n) is 2.66. The maximum Gasteiger partial charge on any atom is 0.308 e. The molecule has 0 fully saturated rings. The van der Waals surface area contributed by atoms with E-state index in [0.717, 1.165) is 16.9 Å². The van der Waals surface area contributed by atoms with Gasteiger partial charge in [0.15, 0.2) is 0 Å². The molecule has 0 spiro atoms. The van der Waals surface area contributed by atoms with Crippen LogP contribution in [0.15, 0.2) is 40.9 Å². The van der Waals surface area contributed by atoms with E-state index in [4.69, 9.17) is 5.11 Å². The van der Waals surface area contributed by atoms with Crippen LogP contribution in [0.5, 0.6) is 0 Å². The van der Waals surface area contributed by atoms with Gasteiger partial charge >= 0.3 is 5.97 Å². The summed E-state index contributed by atoms with van der Waals surface area (Å²) in [5.74, 6) is -0.981. The van der Waals surface area contributed by atoms with E-state index in [1.165, 1.54) is 12.1 Å². The number of aliphatic carboxylic acids is 1. The first-order chi connectivity index (χ1) is 9.97. The topological polar surface area (TPSA) is 96.4 Å². The number of nitrogens with zero attached hydrogens (tertiary/aromatic N) is 1. The third-order valence-corrected chi connectivity index (χ3v) is 5.69. The number of hydrogen-bond donors (Lipinski definition) is 2. The monoisotopic (exact) mass is 326 g/mol. The molecule has 6 nitrogen and oxygen atoms in total. The molecule has 0 aliphatic rings. The summed E-state index contributed by atoms with van der Waals surface area (Å²) in [5.41, 5.74) is 0.943. The van der Waals surface area contributed by atoms with Crippen molar-refractivity contribution < 1.29 is 18.3 Å². The van der Waals surface area contributed by atoms with Gasteiger partial charge in [0.2, 0.25) is 10.0 Å². The van der Waals surface area contributed by atoms with Crippen molar-refractivity contribution in [3.63, 3.8) is 0 Å². The van der Waals surface area contributed by atoms with E-state index < -0.39 is 16.0 Å². The number of carboxylic acids is 1. The molecule has 0 saturated heterocycles. The molecule has 0 aliphatic heterocycles. The summed E-state index contributed by atoms with van der Waals surface area (Å²) < 4.78 is 26.7. The highest BCUT2D eigenvalue weighted by atomic mass is 32.2. The smallest absolute Gasteiger partial charge is 0.308 e. The highest BCUT2D eigenvalue weighted by Crippen LogP contribution is 2.21. The zero-order valence-corrected chi connectivity index (χ0v) is 12.7. The number of rotatable bonds is 7. The normalized spacial score (nSPS) is 11.4. The van der Waals surface area contributed by atoms with Gasteiger partial charge in [0.1, 0.15) is 4.21 Å². The molecule has 0 bridgehead atoms. The maximum atomic E-state index is 12.1. The number of carbonyl (C=O) groups is 1. The van der Waals surface area contributed by atoms with Crippen LogP contribution in [0.2, 0.25) is 0 Å². The molecule has 2 aromatic rings. The Morgan fingerprint density at radius 3 is 2.81 bits per heavy atom. The average molecular weight is 326 g/mol. The first-order valence-electron chi connectivity index (χ1n) is 6.16. The van der Waals surface area contributed by atoms with Crippen molar-refractivity contribution in [2.24, 2.45) is 0 Å². The molecule has 0 radical (unpaired) electrons. The number of hydrogen-bond acceptors (Lipinski definition) is 5. The van der Waals surface area contributed by atoms with E-state index in [2.05, 4.69) is 9.71 Å². The van der Waals surface area contributed by atoms with Gasteiger partial charge in [-0.25, -0.2) is 13.1 Å². The molecule has 2 rings (SSSR count). The Hall–Kier alpha value is -1.77. The van der Waals surface area contributed by atoms with Crippen LogP contribution < -0.4 is 4.72 Å². The van der Waals surface area contributed by atoms with Gasteiger partial charge in [-0.1, -0.05) is 6.07 Å².